The third-order valence-corrected chi connectivity index (χ3v) is 10.1. The largest absolute Gasteiger partial charge is 0.469 e. The van der Waals surface area contributed by atoms with E-state index in [1.165, 1.54) is 7.11 Å². The Morgan fingerprint density at radius 1 is 1.28 bits per heavy atom. The molecule has 2 rings (SSSR count). The number of methoxy groups -OCH3 is 1. The molecule has 1 saturated heterocycles. The quantitative estimate of drug-likeness (QED) is 0.348. The molecule has 164 valence electrons. The first-order chi connectivity index (χ1) is 13.3. The van der Waals surface area contributed by atoms with Crippen molar-refractivity contribution in [2.75, 3.05) is 13.7 Å². The summed E-state index contributed by atoms with van der Waals surface area (Å²) >= 11 is 0. The number of hydrogen-bond acceptors (Lipinski definition) is 6. The fourth-order valence-electron chi connectivity index (χ4n) is 2.99. The van der Waals surface area contributed by atoms with Gasteiger partial charge in [0.05, 0.1) is 26.2 Å². The Bertz CT molecular complexity index is 672. The van der Waals surface area contributed by atoms with Gasteiger partial charge in [-0.2, -0.15) is 5.06 Å². The Hall–Kier alpha value is -1.25. The average Bonchev–Trinajstić information content (AvgIpc) is 2.98. The van der Waals surface area contributed by atoms with Crippen LogP contribution in [-0.4, -0.2) is 51.0 Å². The molecule has 29 heavy (non-hydrogen) atoms. The lowest BCUT2D eigenvalue weighted by Crippen LogP contribution is -2.53. The first-order valence-electron chi connectivity index (χ1n) is 10.2. The molecule has 0 bridgehead atoms. The van der Waals surface area contributed by atoms with E-state index in [9.17, 15) is 4.79 Å². The van der Waals surface area contributed by atoms with Crippen LogP contribution in [0.15, 0.2) is 30.3 Å². The predicted octanol–water partition coefficient (Wildman–Crippen LogP) is 4.51. The van der Waals surface area contributed by atoms with Crippen LogP contribution in [0, 0.1) is 0 Å². The molecule has 0 spiro atoms. The Balaban J connectivity index is 2.37. The van der Waals surface area contributed by atoms with Gasteiger partial charge in [0.2, 0.25) is 8.32 Å². The van der Waals surface area contributed by atoms with Gasteiger partial charge < -0.3 is 18.7 Å². The molecule has 0 unspecified atom stereocenters. The zero-order valence-corrected chi connectivity index (χ0v) is 20.2. The van der Waals surface area contributed by atoms with Gasteiger partial charge in [0.1, 0.15) is 6.10 Å². The van der Waals surface area contributed by atoms with E-state index in [0.29, 0.717) is 13.2 Å². The van der Waals surface area contributed by atoms with Gasteiger partial charge in [-0.25, -0.2) is 0 Å². The number of carbonyl (C=O) groups is 1. The number of esters is 1. The maximum Gasteiger partial charge on any atom is 0.307 e. The smallest absolute Gasteiger partial charge is 0.307 e. The highest BCUT2D eigenvalue weighted by molar-refractivity contribution is 6.74. The third kappa shape index (κ3) is 6.62. The molecular weight excluding hydrogens is 386 g/mol. The molecule has 1 heterocycles. The second kappa shape index (κ2) is 9.26. The first kappa shape index (κ1) is 24.0. The number of hydroxylamine groups is 2. The molecule has 0 N–H and O–H groups in total. The van der Waals surface area contributed by atoms with E-state index in [2.05, 4.69) is 46.0 Å². The molecule has 0 aromatic heterocycles. The lowest BCUT2D eigenvalue weighted by molar-refractivity contribution is -0.186. The summed E-state index contributed by atoms with van der Waals surface area (Å²) in [5, 5.41) is 1.96. The molecule has 6 nitrogen and oxygen atoms in total. The summed E-state index contributed by atoms with van der Waals surface area (Å²) in [5.41, 5.74) is 1.11. The van der Waals surface area contributed by atoms with Crippen LogP contribution in [0.5, 0.6) is 0 Å². The second-order valence-electron chi connectivity index (χ2n) is 9.63. The fourth-order valence-corrected chi connectivity index (χ4v) is 4.05. The van der Waals surface area contributed by atoms with Crippen molar-refractivity contribution < 1.29 is 23.5 Å². The summed E-state index contributed by atoms with van der Waals surface area (Å²) in [7, 11) is -0.747. The normalized spacial score (nSPS) is 20.7. The van der Waals surface area contributed by atoms with E-state index in [0.717, 1.165) is 5.56 Å². The molecule has 7 heteroatoms. The average molecular weight is 424 g/mol. The molecule has 1 aromatic rings. The number of carbonyl (C=O) groups excluding carboxylic acids is 1. The minimum Gasteiger partial charge on any atom is -0.469 e. The van der Waals surface area contributed by atoms with Gasteiger partial charge >= 0.3 is 5.97 Å². The Morgan fingerprint density at radius 2 is 1.90 bits per heavy atom. The second-order valence-corrected chi connectivity index (χ2v) is 14.3. The maximum absolute atomic E-state index is 12.3. The minimum atomic E-state index is -2.16. The molecule has 0 saturated carbocycles. The number of hydrogen-bond donors (Lipinski definition) is 0. The first-order valence-corrected chi connectivity index (χ1v) is 13.1. The standard InChI is InChI=1S/C22H37NO5Si/c1-21(2,3)29(7,8)28-23(15-17-12-10-9-11-13-17)18(14-20(24)25-6)19-16-26-22(4,5)27-19/h9-13,18-19H,14-16H2,1-8H3/t18-,19+/m0/s1. The fraction of sp³-hybridized carbons (Fsp3) is 0.682. The molecule has 1 aromatic carbocycles. The van der Waals surface area contributed by atoms with Crippen molar-refractivity contribution >= 4 is 14.3 Å². The number of rotatable bonds is 8. The van der Waals surface area contributed by atoms with Crippen LogP contribution in [0.2, 0.25) is 18.1 Å². The molecule has 2 atom stereocenters. The van der Waals surface area contributed by atoms with Gasteiger partial charge in [0.25, 0.3) is 0 Å². The lowest BCUT2D eigenvalue weighted by atomic mass is 10.1. The highest BCUT2D eigenvalue weighted by atomic mass is 28.4. The van der Waals surface area contributed by atoms with Gasteiger partial charge in [-0.05, 0) is 37.5 Å². The Labute approximate surface area is 176 Å². The predicted molar refractivity (Wildman–Crippen MR) is 116 cm³/mol. The van der Waals surface area contributed by atoms with Gasteiger partial charge in [-0.15, -0.1) is 0 Å². The van der Waals surface area contributed by atoms with Gasteiger partial charge in [0.15, 0.2) is 5.79 Å². The molecule has 1 fully saturated rings. The van der Waals surface area contributed by atoms with Crippen molar-refractivity contribution in [2.24, 2.45) is 0 Å². The summed E-state index contributed by atoms with van der Waals surface area (Å²) in [6.45, 7) is 15.7. The highest BCUT2D eigenvalue weighted by Crippen LogP contribution is 2.39. The van der Waals surface area contributed by atoms with Crippen molar-refractivity contribution in [3.63, 3.8) is 0 Å². The van der Waals surface area contributed by atoms with Crippen LogP contribution in [0.3, 0.4) is 0 Å². The van der Waals surface area contributed by atoms with Gasteiger partial charge in [-0.3, -0.25) is 4.79 Å². The number of nitrogens with zero attached hydrogens (tertiary/aromatic N) is 1. The molecule has 1 aliphatic rings. The number of ether oxygens (including phenoxy) is 3. The molecule has 1 aliphatic heterocycles. The topological polar surface area (TPSA) is 57.2 Å². The van der Waals surface area contributed by atoms with Crippen molar-refractivity contribution in [3.05, 3.63) is 35.9 Å². The molecular formula is C22H37NO5Si. The zero-order chi connectivity index (χ0) is 21.9. The maximum atomic E-state index is 12.3. The van der Waals surface area contributed by atoms with Gasteiger partial charge in [0, 0.05) is 6.54 Å². The lowest BCUT2D eigenvalue weighted by Gasteiger charge is -2.43. The summed E-state index contributed by atoms with van der Waals surface area (Å²) < 4.78 is 23.6. The van der Waals surface area contributed by atoms with E-state index < -0.39 is 14.1 Å². The Kier molecular flexibility index (Phi) is 7.67. The van der Waals surface area contributed by atoms with E-state index in [1.54, 1.807) is 0 Å². The minimum absolute atomic E-state index is 0.0179. The van der Waals surface area contributed by atoms with Crippen molar-refractivity contribution in [1.82, 2.24) is 5.06 Å². The summed E-state index contributed by atoms with van der Waals surface area (Å²) in [6.07, 6.45) is -0.125. The molecule has 0 amide bonds. The summed E-state index contributed by atoms with van der Waals surface area (Å²) in [5.74, 6) is -0.978. The van der Waals surface area contributed by atoms with Crippen LogP contribution >= 0.6 is 0 Å². The zero-order valence-electron chi connectivity index (χ0n) is 19.2. The highest BCUT2D eigenvalue weighted by Gasteiger charge is 2.45. The third-order valence-electron chi connectivity index (χ3n) is 5.77. The summed E-state index contributed by atoms with van der Waals surface area (Å²) in [6, 6.07) is 9.81. The monoisotopic (exact) mass is 423 g/mol. The Morgan fingerprint density at radius 3 is 2.38 bits per heavy atom. The molecule has 0 radical (unpaired) electrons. The van der Waals surface area contributed by atoms with Crippen LogP contribution in [0.4, 0.5) is 0 Å². The van der Waals surface area contributed by atoms with Crippen LogP contribution in [-0.2, 0) is 30.1 Å². The van der Waals surface area contributed by atoms with E-state index in [4.69, 9.17) is 18.7 Å². The number of benzene rings is 1. The molecule has 0 aliphatic carbocycles. The van der Waals surface area contributed by atoms with Crippen molar-refractivity contribution in [1.29, 1.82) is 0 Å². The van der Waals surface area contributed by atoms with Gasteiger partial charge in [-0.1, -0.05) is 51.1 Å². The summed E-state index contributed by atoms with van der Waals surface area (Å²) in [4.78, 5) is 12.3. The van der Waals surface area contributed by atoms with Crippen LogP contribution < -0.4 is 0 Å². The van der Waals surface area contributed by atoms with Crippen LogP contribution in [0.25, 0.3) is 0 Å². The van der Waals surface area contributed by atoms with E-state index in [1.807, 2.05) is 37.1 Å². The van der Waals surface area contributed by atoms with E-state index in [-0.39, 0.29) is 29.6 Å². The van der Waals surface area contributed by atoms with Crippen molar-refractivity contribution in [2.45, 2.75) is 83.6 Å². The SMILES string of the molecule is COC(=O)C[C@@H]([C@H]1COC(C)(C)O1)N(Cc1ccccc1)O[Si](C)(C)C(C)(C)C. The van der Waals surface area contributed by atoms with E-state index >= 15 is 0 Å². The van der Waals surface area contributed by atoms with Crippen molar-refractivity contribution in [3.8, 4) is 0 Å². The van der Waals surface area contributed by atoms with Crippen LogP contribution in [0.1, 0.15) is 46.6 Å².